The van der Waals surface area contributed by atoms with E-state index in [9.17, 15) is 4.79 Å². The Morgan fingerprint density at radius 2 is 1.88 bits per heavy atom. The van der Waals surface area contributed by atoms with E-state index in [1.54, 1.807) is 38.3 Å². The molecule has 0 bridgehead atoms. The first-order chi connectivity index (χ1) is 15.3. The molecule has 0 N–H and O–H groups in total. The minimum atomic E-state index is -0.756. The van der Waals surface area contributed by atoms with Crippen LogP contribution in [0.4, 0.5) is 0 Å². The van der Waals surface area contributed by atoms with Crippen molar-refractivity contribution >= 4 is 5.97 Å². The zero-order valence-electron chi connectivity index (χ0n) is 19.0. The minimum Gasteiger partial charge on any atom is -0.497 e. The third kappa shape index (κ3) is 6.09. The van der Waals surface area contributed by atoms with Gasteiger partial charge in [-0.2, -0.15) is 0 Å². The lowest BCUT2D eigenvalue weighted by Crippen LogP contribution is -2.44. The van der Waals surface area contributed by atoms with Crippen molar-refractivity contribution in [3.8, 4) is 5.75 Å². The Morgan fingerprint density at radius 3 is 2.44 bits per heavy atom. The average molecular weight is 439 g/mol. The first-order valence-electron chi connectivity index (χ1n) is 10.5. The summed E-state index contributed by atoms with van der Waals surface area (Å²) in [5, 5.41) is 0. The van der Waals surface area contributed by atoms with E-state index in [1.165, 1.54) is 0 Å². The normalized spacial score (nSPS) is 18.9. The molecule has 1 aliphatic heterocycles. The quantitative estimate of drug-likeness (QED) is 0.418. The van der Waals surface area contributed by atoms with Crippen molar-refractivity contribution < 1.29 is 28.5 Å². The smallest absolute Gasteiger partial charge is 0.338 e. The lowest BCUT2D eigenvalue weighted by atomic mass is 10.0. The summed E-state index contributed by atoms with van der Waals surface area (Å²) >= 11 is 0. The summed E-state index contributed by atoms with van der Waals surface area (Å²) in [6.07, 6.45) is -1.81. The van der Waals surface area contributed by atoms with E-state index in [0.717, 1.165) is 5.56 Å². The predicted molar refractivity (Wildman–Crippen MR) is 120 cm³/mol. The summed E-state index contributed by atoms with van der Waals surface area (Å²) in [6.45, 7) is 9.87. The second-order valence-corrected chi connectivity index (χ2v) is 8.04. The molecule has 2 aromatic rings. The maximum atomic E-state index is 12.9. The van der Waals surface area contributed by atoms with Gasteiger partial charge in [0.1, 0.15) is 18.0 Å². The molecule has 0 spiro atoms. The van der Waals surface area contributed by atoms with Crippen LogP contribution in [0.3, 0.4) is 0 Å². The maximum absolute atomic E-state index is 12.9. The number of carbonyl (C=O) groups excluding carboxylic acids is 1. The summed E-state index contributed by atoms with van der Waals surface area (Å²) in [5.74, 6) is -0.586. The van der Waals surface area contributed by atoms with Crippen LogP contribution in [-0.2, 0) is 25.6 Å². The Morgan fingerprint density at radius 1 is 1.19 bits per heavy atom. The molecule has 0 amide bonds. The van der Waals surface area contributed by atoms with Gasteiger partial charge in [0.25, 0.3) is 0 Å². The standard InChI is InChI=1S/C26H30O6/c1-6-18(2)23(31-25(27)20-12-14-21(28-5)15-13-20)24(22-17-30-26(3,4)32-22)29-16-19-10-8-7-9-11-19/h7-15,22-24H,1,16-17H2,2-5H3/t22-,23+,24-/m1/s1. The highest BCUT2D eigenvalue weighted by atomic mass is 16.8. The van der Waals surface area contributed by atoms with Crippen LogP contribution in [0.2, 0.25) is 0 Å². The predicted octanol–water partition coefficient (Wildman–Crippen LogP) is 4.69. The van der Waals surface area contributed by atoms with E-state index in [-0.39, 0.29) is 0 Å². The fraction of sp³-hybridized carbons (Fsp3) is 0.385. The van der Waals surface area contributed by atoms with Gasteiger partial charge in [-0.25, -0.2) is 4.79 Å². The van der Waals surface area contributed by atoms with Crippen LogP contribution in [-0.4, -0.2) is 43.8 Å². The van der Waals surface area contributed by atoms with Crippen molar-refractivity contribution in [1.29, 1.82) is 0 Å². The summed E-state index contributed by atoms with van der Waals surface area (Å²) in [5.41, 5.74) is 4.89. The molecule has 1 saturated heterocycles. The highest BCUT2D eigenvalue weighted by Crippen LogP contribution is 2.30. The number of ether oxygens (including phenoxy) is 5. The summed E-state index contributed by atoms with van der Waals surface area (Å²) in [4.78, 5) is 12.9. The van der Waals surface area contributed by atoms with Gasteiger partial charge in [-0.1, -0.05) is 36.9 Å². The second kappa shape index (κ2) is 10.6. The van der Waals surface area contributed by atoms with Gasteiger partial charge < -0.3 is 23.7 Å². The molecule has 0 aromatic heterocycles. The zero-order chi connectivity index (χ0) is 23.1. The van der Waals surface area contributed by atoms with Gasteiger partial charge in [-0.3, -0.25) is 0 Å². The van der Waals surface area contributed by atoms with Crippen LogP contribution in [0.1, 0.15) is 36.7 Å². The molecule has 1 fully saturated rings. The first-order valence-corrected chi connectivity index (χ1v) is 10.5. The Hall–Kier alpha value is -2.89. The largest absolute Gasteiger partial charge is 0.497 e. The number of carbonyl (C=O) groups is 1. The molecular formula is C26H30O6. The lowest BCUT2D eigenvalue weighted by molar-refractivity contribution is -0.168. The Bertz CT molecular complexity index is 944. The van der Waals surface area contributed by atoms with Crippen molar-refractivity contribution in [3.63, 3.8) is 0 Å². The van der Waals surface area contributed by atoms with Gasteiger partial charge in [0.15, 0.2) is 11.9 Å². The molecule has 6 nitrogen and oxygen atoms in total. The van der Waals surface area contributed by atoms with Gasteiger partial charge >= 0.3 is 5.97 Å². The monoisotopic (exact) mass is 438 g/mol. The van der Waals surface area contributed by atoms with Crippen molar-refractivity contribution in [2.45, 2.75) is 51.5 Å². The minimum absolute atomic E-state index is 0.313. The molecule has 0 aliphatic carbocycles. The van der Waals surface area contributed by atoms with Gasteiger partial charge in [-0.15, -0.1) is 5.73 Å². The average Bonchev–Trinajstić information content (AvgIpc) is 3.17. The molecule has 0 radical (unpaired) electrons. The van der Waals surface area contributed by atoms with Crippen LogP contribution in [0.15, 0.2) is 72.5 Å². The molecule has 1 heterocycles. The second-order valence-electron chi connectivity index (χ2n) is 8.04. The molecule has 0 saturated carbocycles. The SMILES string of the molecule is C=C=C(C)[C@H](OC(=O)c1ccc(OC)cc1)[C@H](OCc1ccccc1)[C@H]1COC(C)(C)O1. The zero-order valence-corrected chi connectivity index (χ0v) is 19.0. The van der Waals surface area contributed by atoms with Crippen molar-refractivity contribution in [2.24, 2.45) is 0 Å². The molecule has 2 aromatic carbocycles. The van der Waals surface area contributed by atoms with E-state index in [2.05, 4.69) is 12.3 Å². The number of rotatable bonds is 9. The molecule has 3 rings (SSSR count). The third-order valence-electron chi connectivity index (χ3n) is 5.25. The van der Waals surface area contributed by atoms with E-state index in [0.29, 0.717) is 30.1 Å². The highest BCUT2D eigenvalue weighted by Gasteiger charge is 2.43. The fourth-order valence-corrected chi connectivity index (χ4v) is 3.45. The highest BCUT2D eigenvalue weighted by molar-refractivity contribution is 5.89. The molecule has 1 aliphatic rings. The van der Waals surface area contributed by atoms with Crippen molar-refractivity contribution in [2.75, 3.05) is 13.7 Å². The summed E-state index contributed by atoms with van der Waals surface area (Å²) in [7, 11) is 1.57. The van der Waals surface area contributed by atoms with Crippen LogP contribution in [0.5, 0.6) is 5.75 Å². The molecule has 6 heteroatoms. The van der Waals surface area contributed by atoms with E-state index in [4.69, 9.17) is 23.7 Å². The molecule has 32 heavy (non-hydrogen) atoms. The van der Waals surface area contributed by atoms with Gasteiger partial charge in [0, 0.05) is 5.57 Å². The van der Waals surface area contributed by atoms with Crippen LogP contribution in [0, 0.1) is 0 Å². The molecule has 0 unspecified atom stereocenters. The van der Waals surface area contributed by atoms with Crippen LogP contribution < -0.4 is 4.74 Å². The number of hydrogen-bond acceptors (Lipinski definition) is 6. The van der Waals surface area contributed by atoms with E-state index >= 15 is 0 Å². The summed E-state index contributed by atoms with van der Waals surface area (Å²) in [6, 6.07) is 16.5. The van der Waals surface area contributed by atoms with Crippen molar-refractivity contribution in [3.05, 3.63) is 83.6 Å². The van der Waals surface area contributed by atoms with E-state index in [1.807, 2.05) is 44.2 Å². The summed E-state index contributed by atoms with van der Waals surface area (Å²) < 4.78 is 29.2. The van der Waals surface area contributed by atoms with Crippen LogP contribution >= 0.6 is 0 Å². The first kappa shape index (κ1) is 23.8. The van der Waals surface area contributed by atoms with Gasteiger partial charge in [0.2, 0.25) is 0 Å². The number of methoxy groups -OCH3 is 1. The van der Waals surface area contributed by atoms with Gasteiger partial charge in [-0.05, 0) is 50.6 Å². The van der Waals surface area contributed by atoms with E-state index < -0.39 is 30.1 Å². The van der Waals surface area contributed by atoms with Crippen molar-refractivity contribution in [1.82, 2.24) is 0 Å². The lowest BCUT2D eigenvalue weighted by Gasteiger charge is -2.31. The Kier molecular flexibility index (Phi) is 7.89. The maximum Gasteiger partial charge on any atom is 0.338 e. The third-order valence-corrected chi connectivity index (χ3v) is 5.25. The number of hydrogen-bond donors (Lipinski definition) is 0. The Balaban J connectivity index is 1.85. The number of benzene rings is 2. The topological polar surface area (TPSA) is 63.2 Å². The van der Waals surface area contributed by atoms with Gasteiger partial charge in [0.05, 0.1) is 25.9 Å². The molecule has 3 atom stereocenters. The molecular weight excluding hydrogens is 408 g/mol. The van der Waals surface area contributed by atoms with Crippen LogP contribution in [0.25, 0.3) is 0 Å². The molecule has 170 valence electrons. The fourth-order valence-electron chi connectivity index (χ4n) is 3.45. The Labute approximate surface area is 189 Å². The number of esters is 1.